The highest BCUT2D eigenvalue weighted by atomic mass is 35.5. The number of carboxylic acid groups (broad SMARTS) is 1. The fourth-order valence-electron chi connectivity index (χ4n) is 6.91. The molecule has 5 N–H and O–H groups in total. The number of benzene rings is 2. The zero-order chi connectivity index (χ0) is 32.8. The van der Waals surface area contributed by atoms with Crippen molar-refractivity contribution in [1.29, 1.82) is 0 Å². The minimum absolute atomic E-state index is 0.0190. The fourth-order valence-corrected chi connectivity index (χ4v) is 7.27. The molecule has 2 fully saturated rings. The van der Waals surface area contributed by atoms with Crippen molar-refractivity contribution in [1.82, 2.24) is 5.32 Å². The minimum Gasteiger partial charge on any atom is -0.475 e. The largest absolute Gasteiger partial charge is 0.490 e. The third-order valence-corrected chi connectivity index (χ3v) is 9.13. The Bertz CT molecular complexity index is 1450. The topological polar surface area (TPSA) is 122 Å². The number of alkyl halides is 3. The first-order valence-electron chi connectivity index (χ1n) is 14.3. The van der Waals surface area contributed by atoms with Crippen molar-refractivity contribution in [3.05, 3.63) is 63.4 Å². The summed E-state index contributed by atoms with van der Waals surface area (Å²) in [6.45, 7) is 6.30. The number of carbonyl (C=O) groups is 3. The molecule has 240 valence electrons. The summed E-state index contributed by atoms with van der Waals surface area (Å²) in [4.78, 5) is 37.0. The van der Waals surface area contributed by atoms with Crippen molar-refractivity contribution in [3.63, 3.8) is 0 Å². The molecular weight excluding hydrogens is 625 g/mol. The van der Waals surface area contributed by atoms with Gasteiger partial charge in [-0.2, -0.15) is 13.2 Å². The predicted octanol–water partition coefficient (Wildman–Crippen LogP) is 6.60. The molecule has 0 bridgehead atoms. The SMILES string of the molecule is CC(C)(C)C[C@H]1N[C@@H](C(=O)C[C@H]2CC[C@@H](N)C2)[C@H](c2cccc(Cl)c2F)[C@@]12C(=O)Nc1cc(Cl)ccc12.O=C(O)C(F)(F)F. The number of carboxylic acids is 1. The van der Waals surface area contributed by atoms with Crippen molar-refractivity contribution in [3.8, 4) is 0 Å². The van der Waals surface area contributed by atoms with E-state index in [1.807, 2.05) is 6.07 Å². The number of fused-ring (bicyclic) bond motifs is 2. The lowest BCUT2D eigenvalue weighted by Gasteiger charge is -2.37. The Morgan fingerprint density at radius 1 is 1.11 bits per heavy atom. The normalized spacial score (nSPS) is 28.0. The number of hydrogen-bond acceptors (Lipinski definition) is 5. The molecule has 1 saturated carbocycles. The number of rotatable bonds is 5. The molecular formula is C31H35Cl2F4N3O4. The van der Waals surface area contributed by atoms with Crippen LogP contribution in [0.1, 0.15) is 69.9 Å². The van der Waals surface area contributed by atoms with Crippen LogP contribution >= 0.6 is 23.2 Å². The van der Waals surface area contributed by atoms with Crippen molar-refractivity contribution >= 4 is 46.5 Å². The Balaban J connectivity index is 0.000000566. The van der Waals surface area contributed by atoms with Gasteiger partial charge in [0.1, 0.15) is 11.2 Å². The highest BCUT2D eigenvalue weighted by Crippen LogP contribution is 2.57. The van der Waals surface area contributed by atoms with Crippen molar-refractivity contribution < 1.29 is 37.1 Å². The monoisotopic (exact) mass is 659 g/mol. The maximum Gasteiger partial charge on any atom is 0.490 e. The first-order valence-corrected chi connectivity index (χ1v) is 15.0. The zero-order valence-electron chi connectivity index (χ0n) is 24.4. The van der Waals surface area contributed by atoms with E-state index in [-0.39, 0.29) is 39.7 Å². The third-order valence-electron chi connectivity index (χ3n) is 8.60. The quantitative estimate of drug-likeness (QED) is 0.268. The standard InChI is InChI=1S/C29H34Cl2FN3O2.C2HF3O2/c1-28(2,3)14-23-29(19-10-8-16(30)13-21(19)34-27(29)37)24(18-5-4-6-20(31)25(18)32)26(35-23)22(36)12-15-7-9-17(33)11-15;3-2(4,5)1(6)7/h4-6,8,10,13,15,17,23-24,26,35H,7,9,11-12,14,33H2,1-3H3,(H,34,37);(H,6,7)/t15-,17+,23+,24-,26-,29-;/m0./s1. The van der Waals surface area contributed by atoms with Gasteiger partial charge in [-0.25, -0.2) is 9.18 Å². The van der Waals surface area contributed by atoms with Crippen molar-refractivity contribution in [2.45, 2.75) is 88.5 Å². The van der Waals surface area contributed by atoms with Crippen LogP contribution in [0.15, 0.2) is 36.4 Å². The second-order valence-electron chi connectivity index (χ2n) is 13.0. The lowest BCUT2D eigenvalue weighted by molar-refractivity contribution is -0.192. The molecule has 1 amide bonds. The Kier molecular flexibility index (Phi) is 9.76. The molecule has 1 spiro atoms. The van der Waals surface area contributed by atoms with Crippen LogP contribution in [0.25, 0.3) is 0 Å². The predicted molar refractivity (Wildman–Crippen MR) is 159 cm³/mol. The molecule has 5 rings (SSSR count). The smallest absolute Gasteiger partial charge is 0.475 e. The number of Topliss-reactive ketones (excluding diaryl/α,β-unsaturated/α-hetero) is 1. The van der Waals surface area contributed by atoms with Crippen LogP contribution < -0.4 is 16.4 Å². The third kappa shape index (κ3) is 6.76. The molecule has 0 aromatic heterocycles. The number of hydrogen-bond donors (Lipinski definition) is 4. The van der Waals surface area contributed by atoms with E-state index in [1.165, 1.54) is 6.07 Å². The molecule has 1 saturated heterocycles. The van der Waals surface area contributed by atoms with E-state index >= 15 is 4.39 Å². The van der Waals surface area contributed by atoms with Crippen LogP contribution in [-0.2, 0) is 19.8 Å². The van der Waals surface area contributed by atoms with E-state index in [0.717, 1.165) is 24.8 Å². The molecule has 6 atom stereocenters. The molecule has 0 radical (unpaired) electrons. The maximum atomic E-state index is 15.8. The molecule has 44 heavy (non-hydrogen) atoms. The summed E-state index contributed by atoms with van der Waals surface area (Å²) < 4.78 is 47.5. The summed E-state index contributed by atoms with van der Waals surface area (Å²) in [7, 11) is 0. The van der Waals surface area contributed by atoms with Gasteiger partial charge in [-0.3, -0.25) is 9.59 Å². The Labute approximate surface area is 262 Å². The van der Waals surface area contributed by atoms with Gasteiger partial charge in [0.25, 0.3) is 0 Å². The molecule has 13 heteroatoms. The second kappa shape index (κ2) is 12.6. The second-order valence-corrected chi connectivity index (χ2v) is 13.9. The van der Waals surface area contributed by atoms with Crippen LogP contribution in [0.2, 0.25) is 10.0 Å². The summed E-state index contributed by atoms with van der Waals surface area (Å²) in [6, 6.07) is 9.05. The van der Waals surface area contributed by atoms with E-state index in [2.05, 4.69) is 31.4 Å². The molecule has 2 heterocycles. The Hall–Kier alpha value is -2.73. The van der Waals surface area contributed by atoms with Crippen LogP contribution in [0, 0.1) is 17.2 Å². The van der Waals surface area contributed by atoms with Crippen LogP contribution in [0.5, 0.6) is 0 Å². The van der Waals surface area contributed by atoms with E-state index < -0.39 is 41.4 Å². The van der Waals surface area contributed by atoms with Crippen LogP contribution in [0.3, 0.4) is 0 Å². The first-order chi connectivity index (χ1) is 20.4. The number of halogens is 6. The van der Waals surface area contributed by atoms with Gasteiger partial charge in [0.15, 0.2) is 5.78 Å². The number of ketones is 1. The lowest BCUT2D eigenvalue weighted by Crippen LogP contribution is -2.49. The number of amides is 1. The van der Waals surface area contributed by atoms with Crippen LogP contribution in [-0.4, -0.2) is 47.1 Å². The number of anilines is 1. The van der Waals surface area contributed by atoms with E-state index in [1.54, 1.807) is 24.3 Å². The first kappa shape index (κ1) is 34.1. The summed E-state index contributed by atoms with van der Waals surface area (Å²) in [6.07, 6.45) is -1.55. The molecule has 2 aromatic rings. The number of carbonyl (C=O) groups excluding carboxylic acids is 2. The molecule has 7 nitrogen and oxygen atoms in total. The van der Waals surface area contributed by atoms with Gasteiger partial charge >= 0.3 is 12.1 Å². The Morgan fingerprint density at radius 2 is 1.77 bits per heavy atom. The number of aliphatic carboxylic acids is 1. The minimum atomic E-state index is -5.08. The maximum absolute atomic E-state index is 15.8. The summed E-state index contributed by atoms with van der Waals surface area (Å²) in [5.74, 6) is -4.22. The van der Waals surface area contributed by atoms with Gasteiger partial charge in [0.05, 0.1) is 11.1 Å². The van der Waals surface area contributed by atoms with E-state index in [4.69, 9.17) is 38.8 Å². The van der Waals surface area contributed by atoms with Crippen molar-refractivity contribution in [2.24, 2.45) is 17.1 Å². The van der Waals surface area contributed by atoms with Gasteiger partial charge in [-0.1, -0.05) is 62.2 Å². The molecule has 2 aliphatic heterocycles. The summed E-state index contributed by atoms with van der Waals surface area (Å²) >= 11 is 12.5. The number of nitrogens with one attached hydrogen (secondary N) is 2. The van der Waals surface area contributed by atoms with Gasteiger partial charge in [-0.15, -0.1) is 0 Å². The Morgan fingerprint density at radius 3 is 2.34 bits per heavy atom. The fraction of sp³-hybridized carbons (Fsp3) is 0.516. The lowest BCUT2D eigenvalue weighted by atomic mass is 9.62. The highest BCUT2D eigenvalue weighted by molar-refractivity contribution is 6.31. The number of nitrogens with two attached hydrogens (primary N) is 1. The molecule has 2 aromatic carbocycles. The van der Waals surface area contributed by atoms with E-state index in [0.29, 0.717) is 23.6 Å². The zero-order valence-corrected chi connectivity index (χ0v) is 25.9. The van der Waals surface area contributed by atoms with Crippen LogP contribution in [0.4, 0.5) is 23.2 Å². The average Bonchev–Trinajstić information content (AvgIpc) is 3.54. The van der Waals surface area contributed by atoms with E-state index in [9.17, 15) is 22.8 Å². The molecule has 0 unspecified atom stereocenters. The average molecular weight is 661 g/mol. The summed E-state index contributed by atoms with van der Waals surface area (Å²) in [5.41, 5.74) is 6.33. The van der Waals surface area contributed by atoms with Gasteiger partial charge in [-0.05, 0) is 66.3 Å². The van der Waals surface area contributed by atoms with Gasteiger partial charge in [0.2, 0.25) is 5.91 Å². The van der Waals surface area contributed by atoms with Gasteiger partial charge < -0.3 is 21.5 Å². The molecule has 3 aliphatic rings. The van der Waals surface area contributed by atoms with Crippen molar-refractivity contribution in [2.75, 3.05) is 5.32 Å². The highest BCUT2D eigenvalue weighted by Gasteiger charge is 2.66. The summed E-state index contributed by atoms with van der Waals surface area (Å²) in [5, 5.41) is 14.2. The molecule has 1 aliphatic carbocycles. The van der Waals surface area contributed by atoms with Gasteiger partial charge in [0, 0.05) is 35.1 Å².